The maximum Gasteiger partial charge on any atom is 0.471 e. The summed E-state index contributed by atoms with van der Waals surface area (Å²) in [7, 11) is 0. The first-order valence-electron chi connectivity index (χ1n) is 19.7. The van der Waals surface area contributed by atoms with Crippen molar-refractivity contribution >= 4 is 34.4 Å². The minimum atomic E-state index is -4.73. The van der Waals surface area contributed by atoms with Crippen LogP contribution < -0.4 is 5.73 Å². The van der Waals surface area contributed by atoms with Gasteiger partial charge in [-0.2, -0.15) is 36.3 Å². The van der Waals surface area contributed by atoms with Crippen molar-refractivity contribution in [1.82, 2.24) is 30.2 Å². The third-order valence-corrected chi connectivity index (χ3v) is 11.6. The minimum absolute atomic E-state index is 0.0166. The molecular weight excluding hydrogens is 935 g/mol. The molecule has 0 bridgehead atoms. The molecule has 4 aromatic heterocycles. The van der Waals surface area contributed by atoms with Gasteiger partial charge < -0.3 is 19.9 Å². The van der Waals surface area contributed by atoms with Crippen molar-refractivity contribution < 1.29 is 58.9 Å². The summed E-state index contributed by atoms with van der Waals surface area (Å²) in [5.74, 6) is -5.06. The molecule has 12 nitrogen and oxygen atoms in total. The van der Waals surface area contributed by atoms with Gasteiger partial charge in [-0.15, -0.1) is 22.7 Å². The van der Waals surface area contributed by atoms with Crippen LogP contribution in [0.5, 0.6) is 0 Å². The number of rotatable bonds is 12. The lowest BCUT2D eigenvalue weighted by Gasteiger charge is -2.08. The van der Waals surface area contributed by atoms with E-state index in [-0.39, 0.29) is 64.0 Å². The van der Waals surface area contributed by atoms with E-state index in [0.717, 1.165) is 38.6 Å². The molecular formula is C45H35F8N7O5S2. The van der Waals surface area contributed by atoms with Gasteiger partial charge in [0.25, 0.3) is 0 Å². The number of hydrogen-bond acceptors (Lipinski definition) is 13. The molecule has 0 aliphatic rings. The molecule has 0 aliphatic heterocycles. The third-order valence-electron chi connectivity index (χ3n) is 9.47. The van der Waals surface area contributed by atoms with Crippen molar-refractivity contribution in [3.05, 3.63) is 152 Å². The van der Waals surface area contributed by atoms with E-state index in [2.05, 4.69) is 39.3 Å². The lowest BCUT2D eigenvalue weighted by molar-refractivity contribution is -0.160. The predicted molar refractivity (Wildman–Crippen MR) is 231 cm³/mol. The highest BCUT2D eigenvalue weighted by atomic mass is 32.1. The van der Waals surface area contributed by atoms with Gasteiger partial charge in [0.2, 0.25) is 11.6 Å². The Bertz CT molecular complexity index is 2910. The second-order valence-electron chi connectivity index (χ2n) is 14.5. The highest BCUT2D eigenvalue weighted by Crippen LogP contribution is 2.33. The number of alkyl halides is 6. The minimum Gasteiger partial charge on any atom is -0.478 e. The summed E-state index contributed by atoms with van der Waals surface area (Å²) >= 11 is 3.07. The number of carboxylic acids is 1. The summed E-state index contributed by atoms with van der Waals surface area (Å²) in [6.45, 7) is 4.61. The Morgan fingerprint density at radius 3 is 1.48 bits per heavy atom. The number of aromatic nitrogens is 6. The van der Waals surface area contributed by atoms with Crippen LogP contribution in [-0.2, 0) is 12.4 Å². The Hall–Kier alpha value is -7.04. The number of benzene rings is 4. The molecule has 8 rings (SSSR count). The van der Waals surface area contributed by atoms with Crippen LogP contribution in [-0.4, -0.2) is 53.7 Å². The Balaban J connectivity index is 0.000000183. The van der Waals surface area contributed by atoms with E-state index < -0.39 is 30.1 Å². The van der Waals surface area contributed by atoms with Gasteiger partial charge in [0.05, 0.1) is 27.0 Å². The van der Waals surface area contributed by atoms with Gasteiger partial charge in [0.1, 0.15) is 11.6 Å². The second kappa shape index (κ2) is 21.5. The van der Waals surface area contributed by atoms with E-state index in [9.17, 15) is 44.7 Å². The first kappa shape index (κ1) is 49.4. The number of carboxylic acid groups (broad SMARTS) is 1. The molecule has 0 radical (unpaired) electrons. The zero-order valence-corrected chi connectivity index (χ0v) is 36.5. The van der Waals surface area contributed by atoms with Gasteiger partial charge in [-0.25, -0.2) is 23.5 Å². The molecule has 2 atom stereocenters. The number of ketones is 1. The fourth-order valence-electron chi connectivity index (χ4n) is 5.79. The number of aromatic carboxylic acids is 1. The highest BCUT2D eigenvalue weighted by molar-refractivity contribution is 7.10. The fraction of sp³-hybridized carbons (Fsp3) is 0.200. The van der Waals surface area contributed by atoms with Crippen LogP contribution in [0.25, 0.3) is 45.3 Å². The lowest BCUT2D eigenvalue weighted by Crippen LogP contribution is -2.08. The van der Waals surface area contributed by atoms with Crippen molar-refractivity contribution in [2.45, 2.75) is 50.9 Å². The topological polar surface area (TPSA) is 184 Å². The molecule has 8 aromatic rings. The number of thiazole rings is 2. The first-order valence-corrected chi connectivity index (χ1v) is 21.5. The molecule has 4 heterocycles. The third kappa shape index (κ3) is 13.3. The smallest absolute Gasteiger partial charge is 0.471 e. The summed E-state index contributed by atoms with van der Waals surface area (Å²) in [6.07, 6.45) is -8.69. The highest BCUT2D eigenvalue weighted by Gasteiger charge is 2.39. The molecule has 67 heavy (non-hydrogen) atoms. The molecule has 0 spiro atoms. The molecule has 4 aromatic carbocycles. The second-order valence-corrected chi connectivity index (χ2v) is 16.2. The normalized spacial score (nSPS) is 12.3. The van der Waals surface area contributed by atoms with Crippen molar-refractivity contribution in [2.75, 3.05) is 6.54 Å². The summed E-state index contributed by atoms with van der Waals surface area (Å²) in [5, 5.41) is 21.0. The zero-order valence-electron chi connectivity index (χ0n) is 34.8. The molecule has 0 saturated carbocycles. The maximum absolute atomic E-state index is 13.1. The van der Waals surface area contributed by atoms with Crippen LogP contribution in [0.2, 0.25) is 0 Å². The number of halogens is 8. The Kier molecular flexibility index (Phi) is 15.9. The number of Topliss-reactive ketones (excluding diaryl/α,β-unsaturated/α-hetero) is 1. The number of carbonyl (C=O) groups excluding carboxylic acids is 1. The number of carbonyl (C=O) groups is 2. The first-order chi connectivity index (χ1) is 31.8. The summed E-state index contributed by atoms with van der Waals surface area (Å²) < 4.78 is 109. The number of hydrogen-bond donors (Lipinski definition) is 2. The molecule has 0 fully saturated rings. The fourth-order valence-corrected chi connectivity index (χ4v) is 7.61. The van der Waals surface area contributed by atoms with Gasteiger partial charge >= 0.3 is 30.1 Å². The Labute approximate surface area is 383 Å². The average molecular weight is 970 g/mol. The van der Waals surface area contributed by atoms with Gasteiger partial charge in [-0.05, 0) is 73.2 Å². The molecule has 348 valence electrons. The van der Waals surface area contributed by atoms with Crippen LogP contribution in [0, 0.1) is 11.6 Å². The van der Waals surface area contributed by atoms with Crippen LogP contribution in [0.4, 0.5) is 35.1 Å². The van der Waals surface area contributed by atoms with Crippen LogP contribution in [0.3, 0.4) is 0 Å². The largest absolute Gasteiger partial charge is 0.478 e. The molecule has 2 unspecified atom stereocenters. The van der Waals surface area contributed by atoms with E-state index in [0.29, 0.717) is 18.5 Å². The Morgan fingerprint density at radius 1 is 0.627 bits per heavy atom. The predicted octanol–water partition coefficient (Wildman–Crippen LogP) is 12.2. The number of nitrogens with zero attached hydrogens (tertiary/aromatic N) is 6. The van der Waals surface area contributed by atoms with E-state index in [4.69, 9.17) is 10.8 Å². The molecule has 0 saturated heterocycles. The summed E-state index contributed by atoms with van der Waals surface area (Å²) in [6, 6.07) is 23.8. The van der Waals surface area contributed by atoms with Gasteiger partial charge in [0.15, 0.2) is 5.78 Å². The van der Waals surface area contributed by atoms with Crippen molar-refractivity contribution in [3.63, 3.8) is 0 Å². The Morgan fingerprint density at radius 2 is 1.06 bits per heavy atom. The molecule has 0 aliphatic carbocycles. The summed E-state index contributed by atoms with van der Waals surface area (Å²) in [4.78, 5) is 39.0. The quantitative estimate of drug-likeness (QED) is 0.0873. The van der Waals surface area contributed by atoms with Crippen LogP contribution >= 0.6 is 22.7 Å². The van der Waals surface area contributed by atoms with Crippen molar-refractivity contribution in [1.29, 1.82) is 0 Å². The SMILES string of the molecule is CC(CCC(=O)c1cccc(-c2noc(C(F)(F)F)n2)c1)c1nc(-c2ccc(F)cc2)cs1.CC(CN)c1nc(-c2ccc(F)cc2)cs1.O=C(O)c1cccc(-c2noc(C(F)(F)F)n2)c1. The molecule has 0 amide bonds. The van der Waals surface area contributed by atoms with Crippen molar-refractivity contribution in [3.8, 4) is 45.3 Å². The summed E-state index contributed by atoms with van der Waals surface area (Å²) in [5.41, 5.74) is 9.65. The van der Waals surface area contributed by atoms with Crippen molar-refractivity contribution in [2.24, 2.45) is 5.73 Å². The van der Waals surface area contributed by atoms with E-state index in [1.54, 1.807) is 47.7 Å². The maximum atomic E-state index is 13.1. The zero-order chi connectivity index (χ0) is 48.5. The number of nitrogens with two attached hydrogens (primary N) is 1. The molecule has 22 heteroatoms. The van der Waals surface area contributed by atoms with Gasteiger partial charge in [-0.1, -0.05) is 54.5 Å². The standard InChI is InChI=1S/C23H17F4N3O2S.C12H13FN2S.C10H5F3N2O3/c1-13(21-28-18(12-33-21)14-6-8-17(24)9-7-14)5-10-19(31)15-3-2-4-16(11-15)20-29-22(32-30-20)23(25,26)27;1-8(6-14)12-15-11(7-16-12)9-2-4-10(13)5-3-9;11-10(12,13)9-14-7(15-18-9)5-2-1-3-6(4-5)8(16)17/h2-4,6-9,11-13H,5,10H2,1H3;2-5,7-8H,6,14H2,1H3;1-4H,(H,16,17). The van der Waals surface area contributed by atoms with Gasteiger partial charge in [-0.3, -0.25) is 4.79 Å². The van der Waals surface area contributed by atoms with Gasteiger partial charge in [0, 0.05) is 63.4 Å². The van der Waals surface area contributed by atoms with E-state index in [1.165, 1.54) is 65.9 Å². The van der Waals surface area contributed by atoms with Crippen LogP contribution in [0.15, 0.2) is 117 Å². The average Bonchev–Trinajstić information content (AvgIpc) is 4.16. The monoisotopic (exact) mass is 969 g/mol. The van der Waals surface area contributed by atoms with Crippen LogP contribution in [0.1, 0.15) is 81.0 Å². The van der Waals surface area contributed by atoms with E-state index in [1.807, 2.05) is 24.6 Å². The van der Waals surface area contributed by atoms with E-state index >= 15 is 0 Å². The lowest BCUT2D eigenvalue weighted by atomic mass is 9.99. The molecule has 3 N–H and O–H groups in total.